The summed E-state index contributed by atoms with van der Waals surface area (Å²) in [5.74, 6) is -0.364. The lowest BCUT2D eigenvalue weighted by atomic mass is 9.83. The summed E-state index contributed by atoms with van der Waals surface area (Å²) >= 11 is 0. The van der Waals surface area contributed by atoms with E-state index in [2.05, 4.69) is 10.0 Å². The number of rotatable bonds is 4. The van der Waals surface area contributed by atoms with Crippen LogP contribution in [0.2, 0.25) is 0 Å². The second-order valence-corrected chi connectivity index (χ2v) is 8.77. The minimum Gasteiger partial charge on any atom is -0.393 e. The zero-order valence-corrected chi connectivity index (χ0v) is 15.1. The Bertz CT molecular complexity index is 688. The van der Waals surface area contributed by atoms with E-state index in [9.17, 15) is 18.3 Å². The molecule has 2 fully saturated rings. The number of aliphatic hydroxyl groups is 1. The van der Waals surface area contributed by atoms with Crippen molar-refractivity contribution in [1.82, 2.24) is 10.0 Å². The third-order valence-corrected chi connectivity index (χ3v) is 6.62. The Kier molecular flexibility index (Phi) is 5.76. The van der Waals surface area contributed by atoms with Gasteiger partial charge in [-0.05, 0) is 68.7 Å². The number of benzene rings is 1. The number of nitrogens with one attached hydrogen (secondary N) is 2. The molecule has 1 unspecified atom stereocenters. The Balaban J connectivity index is 1.64. The maximum absolute atomic E-state index is 12.4. The first-order valence-electron chi connectivity index (χ1n) is 9.01. The van der Waals surface area contributed by atoms with Gasteiger partial charge < -0.3 is 10.4 Å². The summed E-state index contributed by atoms with van der Waals surface area (Å²) in [6, 6.07) is 6.78. The van der Waals surface area contributed by atoms with Crippen LogP contribution >= 0.6 is 0 Å². The summed E-state index contributed by atoms with van der Waals surface area (Å²) < 4.78 is 27.1. The fraction of sp³-hybridized carbons (Fsp3) is 0.611. The van der Waals surface area contributed by atoms with Crippen molar-refractivity contribution in [2.45, 2.75) is 55.4 Å². The van der Waals surface area contributed by atoms with Crippen LogP contribution in [0.15, 0.2) is 29.2 Å². The second kappa shape index (κ2) is 7.85. The predicted molar refractivity (Wildman–Crippen MR) is 94.6 cm³/mol. The quantitative estimate of drug-likeness (QED) is 0.751. The van der Waals surface area contributed by atoms with Gasteiger partial charge in [0.15, 0.2) is 0 Å². The van der Waals surface area contributed by atoms with E-state index in [1.54, 1.807) is 12.1 Å². The van der Waals surface area contributed by atoms with Gasteiger partial charge in [-0.25, -0.2) is 13.1 Å². The first kappa shape index (κ1) is 18.4. The molecule has 1 aromatic carbocycles. The van der Waals surface area contributed by atoms with E-state index in [1.807, 2.05) is 12.1 Å². The molecular weight excluding hydrogens is 340 g/mol. The van der Waals surface area contributed by atoms with Crippen LogP contribution in [0.3, 0.4) is 0 Å². The molecule has 0 aromatic heterocycles. The Morgan fingerprint density at radius 1 is 1.08 bits per heavy atom. The molecule has 0 radical (unpaired) electrons. The van der Waals surface area contributed by atoms with E-state index >= 15 is 0 Å². The zero-order valence-electron chi connectivity index (χ0n) is 14.3. The summed E-state index contributed by atoms with van der Waals surface area (Å²) in [5, 5.41) is 12.7. The van der Waals surface area contributed by atoms with E-state index < -0.39 is 15.9 Å². The van der Waals surface area contributed by atoms with Gasteiger partial charge in [0.05, 0.1) is 16.9 Å². The number of aliphatic hydroxyl groups excluding tert-OH is 1. The molecule has 3 rings (SSSR count). The maximum Gasteiger partial charge on any atom is 0.264 e. The van der Waals surface area contributed by atoms with E-state index in [0.29, 0.717) is 18.9 Å². The number of piperidine rings is 1. The van der Waals surface area contributed by atoms with Gasteiger partial charge in [0.1, 0.15) is 0 Å². The highest BCUT2D eigenvalue weighted by Crippen LogP contribution is 2.33. The third-order valence-electron chi connectivity index (χ3n) is 5.26. The van der Waals surface area contributed by atoms with Gasteiger partial charge in [0.2, 0.25) is 5.91 Å². The van der Waals surface area contributed by atoms with Crippen LogP contribution in [0.5, 0.6) is 0 Å². The Morgan fingerprint density at radius 2 is 1.76 bits per heavy atom. The van der Waals surface area contributed by atoms with E-state index in [-0.39, 0.29) is 16.9 Å². The van der Waals surface area contributed by atoms with Crippen molar-refractivity contribution in [3.8, 4) is 0 Å². The van der Waals surface area contributed by atoms with Crippen LogP contribution in [0.25, 0.3) is 0 Å². The molecule has 1 saturated carbocycles. The molecule has 0 spiro atoms. The minimum absolute atomic E-state index is 0.115. The first-order chi connectivity index (χ1) is 12.0. The first-order valence-corrected chi connectivity index (χ1v) is 10.5. The van der Waals surface area contributed by atoms with Crippen LogP contribution in [0.1, 0.15) is 50.0 Å². The molecule has 1 heterocycles. The van der Waals surface area contributed by atoms with Crippen LogP contribution in [-0.4, -0.2) is 38.6 Å². The lowest BCUT2D eigenvalue weighted by Gasteiger charge is -2.25. The van der Waals surface area contributed by atoms with Crippen LogP contribution in [0, 0.1) is 5.92 Å². The standard InChI is InChI=1S/C18H26N2O4S/c21-16-7-3-13(4-8-16)14-5-9-17(10-6-14)25(23,24)20-18(22)15-2-1-11-19-12-15/h5-6,9-10,13,15-16,19,21H,1-4,7-8,11-12H2,(H,20,22). The van der Waals surface area contributed by atoms with Gasteiger partial charge in [0, 0.05) is 6.54 Å². The highest BCUT2D eigenvalue weighted by Gasteiger charge is 2.26. The molecule has 2 aliphatic rings. The zero-order chi connectivity index (χ0) is 17.9. The molecule has 25 heavy (non-hydrogen) atoms. The molecule has 138 valence electrons. The second-order valence-electron chi connectivity index (χ2n) is 7.09. The third kappa shape index (κ3) is 4.59. The van der Waals surface area contributed by atoms with Gasteiger partial charge in [-0.3, -0.25) is 4.79 Å². The fourth-order valence-corrected chi connectivity index (χ4v) is 4.72. The molecular formula is C18H26N2O4S. The van der Waals surface area contributed by atoms with E-state index in [4.69, 9.17) is 0 Å². The molecule has 1 amide bonds. The van der Waals surface area contributed by atoms with Crippen molar-refractivity contribution in [2.75, 3.05) is 13.1 Å². The highest BCUT2D eigenvalue weighted by molar-refractivity contribution is 7.90. The SMILES string of the molecule is O=C(NS(=O)(=O)c1ccc(C2CCC(O)CC2)cc1)C1CCCNC1. The molecule has 7 heteroatoms. The van der Waals surface area contributed by atoms with Crippen molar-refractivity contribution in [3.63, 3.8) is 0 Å². The van der Waals surface area contributed by atoms with Crippen molar-refractivity contribution in [1.29, 1.82) is 0 Å². The predicted octanol–water partition coefficient (Wildman–Crippen LogP) is 1.51. The molecule has 0 bridgehead atoms. The number of carbonyl (C=O) groups is 1. The summed E-state index contributed by atoms with van der Waals surface area (Å²) in [4.78, 5) is 12.3. The lowest BCUT2D eigenvalue weighted by Crippen LogP contribution is -2.42. The van der Waals surface area contributed by atoms with Gasteiger partial charge in [-0.15, -0.1) is 0 Å². The number of carbonyl (C=O) groups excluding carboxylic acids is 1. The van der Waals surface area contributed by atoms with Gasteiger partial charge in [-0.1, -0.05) is 12.1 Å². The number of hydrogen-bond acceptors (Lipinski definition) is 5. The Morgan fingerprint density at radius 3 is 2.36 bits per heavy atom. The average molecular weight is 366 g/mol. The number of sulfonamides is 1. The Labute approximate surface area is 149 Å². The molecule has 1 aliphatic heterocycles. The van der Waals surface area contributed by atoms with Crippen molar-refractivity contribution >= 4 is 15.9 Å². The molecule has 6 nitrogen and oxygen atoms in total. The molecule has 1 atom stereocenters. The van der Waals surface area contributed by atoms with Crippen LogP contribution in [0.4, 0.5) is 0 Å². The average Bonchev–Trinajstić information content (AvgIpc) is 2.63. The molecule has 1 saturated heterocycles. The molecule has 1 aromatic rings. The van der Waals surface area contributed by atoms with Crippen molar-refractivity contribution < 1.29 is 18.3 Å². The summed E-state index contributed by atoms with van der Waals surface area (Å²) in [5.41, 5.74) is 1.09. The van der Waals surface area contributed by atoms with E-state index in [1.165, 1.54) is 0 Å². The highest BCUT2D eigenvalue weighted by atomic mass is 32.2. The van der Waals surface area contributed by atoms with Gasteiger partial charge >= 0.3 is 0 Å². The summed E-state index contributed by atoms with van der Waals surface area (Å²) in [6.45, 7) is 1.39. The van der Waals surface area contributed by atoms with Gasteiger partial charge in [0.25, 0.3) is 10.0 Å². The number of hydrogen-bond donors (Lipinski definition) is 3. The topological polar surface area (TPSA) is 95.5 Å². The molecule has 1 aliphatic carbocycles. The van der Waals surface area contributed by atoms with Gasteiger partial charge in [-0.2, -0.15) is 0 Å². The van der Waals surface area contributed by atoms with Crippen molar-refractivity contribution in [3.05, 3.63) is 29.8 Å². The lowest BCUT2D eigenvalue weighted by molar-refractivity contribution is -0.123. The van der Waals surface area contributed by atoms with Crippen LogP contribution in [-0.2, 0) is 14.8 Å². The summed E-state index contributed by atoms with van der Waals surface area (Å²) in [6.07, 6.45) is 4.79. The fourth-order valence-electron chi connectivity index (χ4n) is 3.68. The van der Waals surface area contributed by atoms with Crippen molar-refractivity contribution in [2.24, 2.45) is 5.92 Å². The monoisotopic (exact) mass is 366 g/mol. The Hall–Kier alpha value is -1.44. The molecule has 3 N–H and O–H groups in total. The largest absolute Gasteiger partial charge is 0.393 e. The number of amides is 1. The van der Waals surface area contributed by atoms with E-state index in [0.717, 1.165) is 44.2 Å². The van der Waals surface area contributed by atoms with Crippen LogP contribution < -0.4 is 10.0 Å². The maximum atomic E-state index is 12.4. The smallest absolute Gasteiger partial charge is 0.264 e. The summed E-state index contributed by atoms with van der Waals surface area (Å²) in [7, 11) is -3.83. The normalized spacial score (nSPS) is 27.6. The minimum atomic E-state index is -3.83.